The first-order chi connectivity index (χ1) is 13.8. The van der Waals surface area contributed by atoms with Gasteiger partial charge in [-0.2, -0.15) is 4.37 Å². The third-order valence-electron chi connectivity index (χ3n) is 4.54. The average Bonchev–Trinajstić information content (AvgIpc) is 3.13. The summed E-state index contributed by atoms with van der Waals surface area (Å²) in [6.45, 7) is 6.92. The Hall–Kier alpha value is -2.61. The monoisotopic (exact) mass is 417 g/mol. The van der Waals surface area contributed by atoms with Gasteiger partial charge in [0.25, 0.3) is 0 Å². The summed E-state index contributed by atoms with van der Waals surface area (Å²) in [5.74, 6) is 0.0942. The molecule has 0 radical (unpaired) electrons. The van der Waals surface area contributed by atoms with Crippen LogP contribution in [0.1, 0.15) is 50.7 Å². The number of ether oxygens (including phenoxy) is 2. The number of anilines is 1. The molecular weight excluding hydrogens is 390 g/mol. The lowest BCUT2D eigenvalue weighted by Crippen LogP contribution is -2.39. The average molecular weight is 418 g/mol. The van der Waals surface area contributed by atoms with Gasteiger partial charge in [0.05, 0.1) is 0 Å². The molecule has 2 heterocycles. The minimum Gasteiger partial charge on any atom is -0.445 e. The fourth-order valence-electron chi connectivity index (χ4n) is 3.24. The smallest absolute Gasteiger partial charge is 0.412 e. The van der Waals surface area contributed by atoms with Gasteiger partial charge >= 0.3 is 12.2 Å². The zero-order valence-corrected chi connectivity index (χ0v) is 17.8. The standard InChI is InChI=1S/C21H27N3O4S/c1-21(2,3)28-19(25)23-18-17(12-22-29-18)16-10-7-11-24(13-16)20(26)27-14-15-8-5-4-6-9-15/h4-6,8-9,12,16H,7,10-11,13-14H2,1-3H3,(H,23,25). The first-order valence-electron chi connectivity index (χ1n) is 9.72. The molecule has 1 fully saturated rings. The highest BCUT2D eigenvalue weighted by Crippen LogP contribution is 2.34. The first kappa shape index (κ1) is 21.1. The van der Waals surface area contributed by atoms with Crippen LogP contribution in [0.3, 0.4) is 0 Å². The number of aromatic nitrogens is 1. The Morgan fingerprint density at radius 3 is 2.76 bits per heavy atom. The Labute approximate surface area is 175 Å². The summed E-state index contributed by atoms with van der Waals surface area (Å²) in [6, 6.07) is 9.62. The van der Waals surface area contributed by atoms with Gasteiger partial charge in [-0.1, -0.05) is 30.3 Å². The zero-order chi connectivity index (χ0) is 20.9. The van der Waals surface area contributed by atoms with E-state index in [-0.39, 0.29) is 18.6 Å². The molecule has 1 aliphatic rings. The molecule has 2 aromatic rings. The molecule has 1 N–H and O–H groups in total. The molecule has 1 aliphatic heterocycles. The summed E-state index contributed by atoms with van der Waals surface area (Å²) in [7, 11) is 0. The van der Waals surface area contributed by atoms with Crippen molar-refractivity contribution in [2.24, 2.45) is 0 Å². The van der Waals surface area contributed by atoms with Crippen LogP contribution in [0.4, 0.5) is 14.6 Å². The number of likely N-dealkylation sites (tertiary alicyclic amines) is 1. The van der Waals surface area contributed by atoms with E-state index in [0.717, 1.165) is 24.0 Å². The predicted octanol–water partition coefficient (Wildman–Crippen LogP) is 5.01. The lowest BCUT2D eigenvalue weighted by Gasteiger charge is -2.32. The van der Waals surface area contributed by atoms with Gasteiger partial charge in [0, 0.05) is 30.8 Å². The highest BCUT2D eigenvalue weighted by molar-refractivity contribution is 7.10. The van der Waals surface area contributed by atoms with Crippen LogP contribution in [0.5, 0.6) is 0 Å². The Morgan fingerprint density at radius 2 is 2.03 bits per heavy atom. The van der Waals surface area contributed by atoms with Gasteiger partial charge in [-0.05, 0) is 50.7 Å². The highest BCUT2D eigenvalue weighted by atomic mass is 32.1. The SMILES string of the molecule is CC(C)(C)OC(=O)Nc1sncc1C1CCCN(C(=O)OCc2ccccc2)C1. The molecule has 7 nitrogen and oxygen atoms in total. The van der Waals surface area contributed by atoms with Gasteiger partial charge in [0.2, 0.25) is 0 Å². The predicted molar refractivity (Wildman–Crippen MR) is 112 cm³/mol. The molecule has 29 heavy (non-hydrogen) atoms. The van der Waals surface area contributed by atoms with Crippen LogP contribution in [0.25, 0.3) is 0 Å². The first-order valence-corrected chi connectivity index (χ1v) is 10.5. The number of benzene rings is 1. The van der Waals surface area contributed by atoms with Crippen LogP contribution in [0.15, 0.2) is 36.5 Å². The highest BCUT2D eigenvalue weighted by Gasteiger charge is 2.29. The lowest BCUT2D eigenvalue weighted by molar-refractivity contribution is 0.0635. The van der Waals surface area contributed by atoms with E-state index in [2.05, 4.69) is 9.69 Å². The third kappa shape index (κ3) is 6.19. The molecule has 3 rings (SSSR count). The Kier molecular flexibility index (Phi) is 6.74. The number of carbonyl (C=O) groups is 2. The Balaban J connectivity index is 1.59. The number of nitrogens with one attached hydrogen (secondary N) is 1. The van der Waals surface area contributed by atoms with Crippen molar-refractivity contribution in [2.45, 2.75) is 51.7 Å². The molecule has 0 bridgehead atoms. The molecule has 8 heteroatoms. The quantitative estimate of drug-likeness (QED) is 0.757. The largest absolute Gasteiger partial charge is 0.445 e. The van der Waals surface area contributed by atoms with E-state index in [1.165, 1.54) is 11.5 Å². The second-order valence-corrected chi connectivity index (χ2v) is 8.86. The molecule has 1 unspecified atom stereocenters. The number of piperidine rings is 1. The van der Waals surface area contributed by atoms with Gasteiger partial charge in [-0.25, -0.2) is 9.59 Å². The Bertz CT molecular complexity index is 832. The van der Waals surface area contributed by atoms with Crippen molar-refractivity contribution in [2.75, 3.05) is 18.4 Å². The maximum absolute atomic E-state index is 12.5. The number of amides is 2. The van der Waals surface area contributed by atoms with E-state index in [9.17, 15) is 9.59 Å². The van der Waals surface area contributed by atoms with E-state index in [1.807, 2.05) is 51.1 Å². The number of hydrogen-bond donors (Lipinski definition) is 1. The van der Waals surface area contributed by atoms with Gasteiger partial charge in [0.15, 0.2) is 0 Å². The van der Waals surface area contributed by atoms with E-state index in [4.69, 9.17) is 9.47 Å². The van der Waals surface area contributed by atoms with Crippen LogP contribution in [-0.4, -0.2) is 40.2 Å². The van der Waals surface area contributed by atoms with Gasteiger partial charge in [0.1, 0.15) is 17.2 Å². The van der Waals surface area contributed by atoms with Crippen LogP contribution >= 0.6 is 11.5 Å². The van der Waals surface area contributed by atoms with Gasteiger partial charge < -0.3 is 14.4 Å². The number of carbonyl (C=O) groups excluding carboxylic acids is 2. The Morgan fingerprint density at radius 1 is 1.28 bits per heavy atom. The fourth-order valence-corrected chi connectivity index (χ4v) is 3.96. The minimum atomic E-state index is -0.570. The zero-order valence-electron chi connectivity index (χ0n) is 17.0. The fraction of sp³-hybridized carbons (Fsp3) is 0.476. The molecule has 156 valence electrons. The second-order valence-electron chi connectivity index (χ2n) is 8.06. The molecule has 0 saturated carbocycles. The summed E-state index contributed by atoms with van der Waals surface area (Å²) in [4.78, 5) is 26.3. The van der Waals surface area contributed by atoms with Crippen molar-refractivity contribution >= 4 is 28.7 Å². The van der Waals surface area contributed by atoms with Crippen molar-refractivity contribution in [3.8, 4) is 0 Å². The number of rotatable bonds is 4. The van der Waals surface area contributed by atoms with E-state index < -0.39 is 11.7 Å². The lowest BCUT2D eigenvalue weighted by atomic mass is 9.92. The second kappa shape index (κ2) is 9.26. The summed E-state index contributed by atoms with van der Waals surface area (Å²) in [5.41, 5.74) is 1.32. The van der Waals surface area contributed by atoms with Crippen LogP contribution in [0.2, 0.25) is 0 Å². The summed E-state index contributed by atoms with van der Waals surface area (Å²) >= 11 is 1.22. The topological polar surface area (TPSA) is 80.8 Å². The minimum absolute atomic E-state index is 0.0942. The van der Waals surface area contributed by atoms with Crippen molar-refractivity contribution < 1.29 is 19.1 Å². The van der Waals surface area contributed by atoms with Gasteiger partial charge in [-0.3, -0.25) is 5.32 Å². The molecule has 2 amide bonds. The van der Waals surface area contributed by atoms with Crippen molar-refractivity contribution in [3.63, 3.8) is 0 Å². The van der Waals surface area contributed by atoms with Crippen LogP contribution in [-0.2, 0) is 16.1 Å². The third-order valence-corrected chi connectivity index (χ3v) is 5.27. The summed E-state index contributed by atoms with van der Waals surface area (Å²) in [5, 5.41) is 3.47. The molecule has 0 aliphatic carbocycles. The van der Waals surface area contributed by atoms with Crippen molar-refractivity contribution in [1.82, 2.24) is 9.27 Å². The summed E-state index contributed by atoms with van der Waals surface area (Å²) in [6.07, 6.45) is 2.73. The van der Waals surface area contributed by atoms with E-state index in [0.29, 0.717) is 18.1 Å². The molecule has 1 aromatic heterocycles. The normalized spacial score (nSPS) is 16.9. The summed E-state index contributed by atoms with van der Waals surface area (Å²) < 4.78 is 15.0. The van der Waals surface area contributed by atoms with Crippen LogP contribution in [0, 0.1) is 0 Å². The number of hydrogen-bond acceptors (Lipinski definition) is 6. The molecule has 1 saturated heterocycles. The van der Waals surface area contributed by atoms with E-state index in [1.54, 1.807) is 11.1 Å². The maximum atomic E-state index is 12.5. The molecule has 0 spiro atoms. The van der Waals surface area contributed by atoms with Gasteiger partial charge in [-0.15, -0.1) is 0 Å². The molecule has 1 aromatic carbocycles. The molecule has 1 atom stereocenters. The van der Waals surface area contributed by atoms with Crippen molar-refractivity contribution in [3.05, 3.63) is 47.7 Å². The maximum Gasteiger partial charge on any atom is 0.412 e. The molecular formula is C21H27N3O4S. The number of nitrogens with zero attached hydrogens (tertiary/aromatic N) is 2. The van der Waals surface area contributed by atoms with E-state index >= 15 is 0 Å². The van der Waals surface area contributed by atoms with Crippen molar-refractivity contribution in [1.29, 1.82) is 0 Å². The van der Waals surface area contributed by atoms with Crippen LogP contribution < -0.4 is 5.32 Å².